The topological polar surface area (TPSA) is 80.8 Å². The number of fused-ring (bicyclic) bond motifs is 1. The Hall–Kier alpha value is -3.39. The number of anilines is 1. The molecule has 0 radical (unpaired) electrons. The van der Waals surface area contributed by atoms with Crippen molar-refractivity contribution in [2.75, 3.05) is 31.2 Å². The van der Waals surface area contributed by atoms with Gasteiger partial charge in [0, 0.05) is 48.6 Å². The van der Waals surface area contributed by atoms with Gasteiger partial charge in [-0.3, -0.25) is 9.59 Å². The molecule has 1 unspecified atom stereocenters. The number of rotatable bonds is 6. The van der Waals surface area contributed by atoms with E-state index < -0.39 is 0 Å². The highest BCUT2D eigenvalue weighted by Crippen LogP contribution is 2.36. The van der Waals surface area contributed by atoms with Crippen molar-refractivity contribution in [1.29, 1.82) is 0 Å². The molecule has 2 amide bonds. The number of hydrogen-bond acceptors (Lipinski definition) is 6. The number of nitrogens with one attached hydrogen (secondary N) is 1. The molecule has 7 nitrogen and oxygen atoms in total. The van der Waals surface area contributed by atoms with Crippen molar-refractivity contribution in [2.24, 2.45) is 5.92 Å². The van der Waals surface area contributed by atoms with Crippen LogP contribution in [0.4, 0.5) is 5.69 Å². The first kappa shape index (κ1) is 21.5. The molecule has 1 atom stereocenters. The summed E-state index contributed by atoms with van der Waals surface area (Å²) >= 11 is 1.61. The number of carbonyl (C=O) groups excluding carboxylic acids is 2. The van der Waals surface area contributed by atoms with Crippen LogP contribution < -0.4 is 19.7 Å². The highest BCUT2D eigenvalue weighted by atomic mass is 32.1. The lowest BCUT2D eigenvalue weighted by Gasteiger charge is -2.22. The van der Waals surface area contributed by atoms with Gasteiger partial charge in [-0.05, 0) is 19.1 Å². The third kappa shape index (κ3) is 4.71. The summed E-state index contributed by atoms with van der Waals surface area (Å²) in [7, 11) is 0. The minimum atomic E-state index is -0.371. The molecule has 0 spiro atoms. The molecule has 1 N–H and O–H groups in total. The van der Waals surface area contributed by atoms with Crippen molar-refractivity contribution in [3.05, 3.63) is 59.1 Å². The number of aromatic nitrogens is 1. The van der Waals surface area contributed by atoms with E-state index in [1.54, 1.807) is 22.3 Å². The minimum absolute atomic E-state index is 0.0610. The first-order valence-corrected chi connectivity index (χ1v) is 11.9. The molecule has 0 aliphatic carbocycles. The van der Waals surface area contributed by atoms with Gasteiger partial charge in [-0.15, -0.1) is 11.3 Å². The van der Waals surface area contributed by atoms with E-state index in [1.165, 1.54) is 5.56 Å². The van der Waals surface area contributed by atoms with Crippen LogP contribution in [-0.4, -0.2) is 43.1 Å². The van der Waals surface area contributed by atoms with Crippen LogP contribution in [-0.2, 0) is 16.0 Å². The molecule has 3 aromatic rings. The number of nitrogens with zero attached hydrogens (tertiary/aromatic N) is 2. The monoisotopic (exact) mass is 463 g/mol. The molecule has 3 heterocycles. The third-order valence-corrected chi connectivity index (χ3v) is 6.80. The maximum Gasteiger partial charge on any atom is 0.227 e. The molecule has 8 heteroatoms. The van der Waals surface area contributed by atoms with Crippen molar-refractivity contribution >= 4 is 28.8 Å². The number of benzene rings is 2. The molecule has 2 aliphatic heterocycles. The molecule has 2 aromatic carbocycles. The first-order chi connectivity index (χ1) is 16.1. The quantitative estimate of drug-likeness (QED) is 0.604. The Morgan fingerprint density at radius 1 is 1.15 bits per heavy atom. The predicted octanol–water partition coefficient (Wildman–Crippen LogP) is 3.60. The Morgan fingerprint density at radius 2 is 1.94 bits per heavy atom. The number of thiazole rings is 1. The van der Waals surface area contributed by atoms with Crippen molar-refractivity contribution in [3.8, 4) is 22.1 Å². The van der Waals surface area contributed by atoms with E-state index in [0.29, 0.717) is 44.2 Å². The van der Waals surface area contributed by atoms with Crippen LogP contribution in [0.5, 0.6) is 11.5 Å². The largest absolute Gasteiger partial charge is 0.486 e. The van der Waals surface area contributed by atoms with Gasteiger partial charge in [0.25, 0.3) is 0 Å². The fourth-order valence-corrected chi connectivity index (χ4v) is 4.90. The van der Waals surface area contributed by atoms with Crippen LogP contribution in [0, 0.1) is 12.8 Å². The van der Waals surface area contributed by atoms with Crippen LogP contribution >= 0.6 is 11.3 Å². The maximum atomic E-state index is 12.7. The van der Waals surface area contributed by atoms with Gasteiger partial charge in [0.1, 0.15) is 18.2 Å². The first-order valence-electron chi connectivity index (χ1n) is 11.1. The Morgan fingerprint density at radius 3 is 2.76 bits per heavy atom. The van der Waals surface area contributed by atoms with Crippen LogP contribution in [0.1, 0.15) is 17.7 Å². The molecule has 1 aromatic heterocycles. The van der Waals surface area contributed by atoms with E-state index in [-0.39, 0.29) is 24.2 Å². The fourth-order valence-electron chi connectivity index (χ4n) is 4.04. The summed E-state index contributed by atoms with van der Waals surface area (Å²) in [6.45, 7) is 3.92. The molecule has 0 bridgehead atoms. The number of carbonyl (C=O) groups is 2. The highest BCUT2D eigenvalue weighted by molar-refractivity contribution is 7.13. The van der Waals surface area contributed by atoms with Gasteiger partial charge < -0.3 is 19.7 Å². The van der Waals surface area contributed by atoms with Crippen molar-refractivity contribution in [1.82, 2.24) is 10.3 Å². The predicted molar refractivity (Wildman–Crippen MR) is 127 cm³/mol. The summed E-state index contributed by atoms with van der Waals surface area (Å²) in [6, 6.07) is 13.7. The summed E-state index contributed by atoms with van der Waals surface area (Å²) in [6.07, 6.45) is 0.856. The van der Waals surface area contributed by atoms with E-state index in [4.69, 9.17) is 9.47 Å². The summed E-state index contributed by atoms with van der Waals surface area (Å²) in [5.74, 6) is 0.780. The smallest absolute Gasteiger partial charge is 0.227 e. The summed E-state index contributed by atoms with van der Waals surface area (Å²) in [5, 5.41) is 5.99. The Kier molecular flexibility index (Phi) is 6.00. The van der Waals surface area contributed by atoms with Crippen molar-refractivity contribution in [3.63, 3.8) is 0 Å². The summed E-state index contributed by atoms with van der Waals surface area (Å²) < 4.78 is 11.2. The molecule has 2 aliphatic rings. The van der Waals surface area contributed by atoms with Crippen LogP contribution in [0.3, 0.4) is 0 Å². The number of ether oxygens (including phenoxy) is 2. The third-order valence-electron chi connectivity index (χ3n) is 5.86. The van der Waals surface area contributed by atoms with Gasteiger partial charge in [-0.2, -0.15) is 0 Å². The second kappa shape index (κ2) is 9.23. The van der Waals surface area contributed by atoms with Gasteiger partial charge in [-0.25, -0.2) is 4.98 Å². The second-order valence-corrected chi connectivity index (χ2v) is 9.14. The maximum absolute atomic E-state index is 12.7. The normalized spacial score (nSPS) is 17.3. The van der Waals surface area contributed by atoms with Crippen molar-refractivity contribution < 1.29 is 19.1 Å². The van der Waals surface area contributed by atoms with Gasteiger partial charge in [0.2, 0.25) is 11.8 Å². The van der Waals surface area contributed by atoms with E-state index in [0.717, 1.165) is 22.0 Å². The molecule has 33 heavy (non-hydrogen) atoms. The van der Waals surface area contributed by atoms with Crippen LogP contribution in [0.15, 0.2) is 47.8 Å². The number of hydrogen-bond donors (Lipinski definition) is 1. The summed E-state index contributed by atoms with van der Waals surface area (Å²) in [4.78, 5) is 31.6. The van der Waals surface area contributed by atoms with Gasteiger partial charge >= 0.3 is 0 Å². The Labute approximate surface area is 196 Å². The van der Waals surface area contributed by atoms with E-state index in [9.17, 15) is 9.59 Å². The SMILES string of the molecule is Cc1ccc(-c2nc(CCNC(=O)C3CC(=O)N(c4ccc5c(c4)OCCO5)C3)cs2)cc1. The van der Waals surface area contributed by atoms with E-state index >= 15 is 0 Å². The zero-order valence-corrected chi connectivity index (χ0v) is 19.2. The molecule has 5 rings (SSSR count). The molecule has 1 saturated heterocycles. The average molecular weight is 464 g/mol. The molecule has 170 valence electrons. The van der Waals surface area contributed by atoms with Gasteiger partial charge in [-0.1, -0.05) is 29.8 Å². The average Bonchev–Trinajstić information content (AvgIpc) is 3.46. The minimum Gasteiger partial charge on any atom is -0.486 e. The molecule has 1 fully saturated rings. The summed E-state index contributed by atoms with van der Waals surface area (Å²) in [5.41, 5.74) is 4.00. The molecular formula is C25H25N3O4S. The van der Waals surface area contributed by atoms with Gasteiger partial charge in [0.05, 0.1) is 11.6 Å². The highest BCUT2D eigenvalue weighted by Gasteiger charge is 2.35. The Bertz CT molecular complexity index is 1170. The number of aryl methyl sites for hydroxylation is 1. The van der Waals surface area contributed by atoms with Crippen molar-refractivity contribution in [2.45, 2.75) is 19.8 Å². The van der Waals surface area contributed by atoms with Crippen LogP contribution in [0.2, 0.25) is 0 Å². The standard InChI is InChI=1S/C25H25N3O4S/c1-16-2-4-17(5-3-16)25-27-19(15-33-25)8-9-26-24(30)18-12-23(29)28(14-18)20-6-7-21-22(13-20)32-11-10-31-21/h2-7,13,15,18H,8-12,14H2,1H3,(H,26,30). The van der Waals surface area contributed by atoms with E-state index in [1.807, 2.05) is 17.5 Å². The molecular weight excluding hydrogens is 438 g/mol. The lowest BCUT2D eigenvalue weighted by atomic mass is 10.1. The Balaban J connectivity index is 1.14. The fraction of sp³-hybridized carbons (Fsp3) is 0.320. The lowest BCUT2D eigenvalue weighted by molar-refractivity contribution is -0.126. The zero-order chi connectivity index (χ0) is 22.8. The number of amides is 2. The lowest BCUT2D eigenvalue weighted by Crippen LogP contribution is -2.34. The zero-order valence-electron chi connectivity index (χ0n) is 18.4. The van der Waals surface area contributed by atoms with E-state index in [2.05, 4.69) is 41.5 Å². The van der Waals surface area contributed by atoms with Crippen LogP contribution in [0.25, 0.3) is 10.6 Å². The van der Waals surface area contributed by atoms with Gasteiger partial charge in [0.15, 0.2) is 11.5 Å². The second-order valence-electron chi connectivity index (χ2n) is 8.28. The molecule has 0 saturated carbocycles.